The third-order valence-electron chi connectivity index (χ3n) is 4.52. The molecule has 3 rings (SSSR count). The second-order valence-electron chi connectivity index (χ2n) is 6.35. The summed E-state index contributed by atoms with van der Waals surface area (Å²) in [5.74, 6) is -0.968. The van der Waals surface area contributed by atoms with E-state index in [0.717, 1.165) is 37.0 Å². The molecule has 0 atom stereocenters. The van der Waals surface area contributed by atoms with Crippen LogP contribution in [0.2, 0.25) is 0 Å². The van der Waals surface area contributed by atoms with Crippen molar-refractivity contribution in [1.82, 2.24) is 0 Å². The van der Waals surface area contributed by atoms with E-state index >= 15 is 0 Å². The van der Waals surface area contributed by atoms with E-state index in [-0.39, 0.29) is 17.2 Å². The summed E-state index contributed by atoms with van der Waals surface area (Å²) in [4.78, 5) is 39.0. The van der Waals surface area contributed by atoms with Crippen LogP contribution in [0, 0.1) is 20.2 Å². The van der Waals surface area contributed by atoms with Gasteiger partial charge in [-0.1, -0.05) is 12.1 Å². The first-order valence-electron chi connectivity index (χ1n) is 9.14. The summed E-state index contributed by atoms with van der Waals surface area (Å²) in [6, 6.07) is 10.5. The fourth-order valence-electron chi connectivity index (χ4n) is 2.99. The van der Waals surface area contributed by atoms with E-state index in [9.17, 15) is 25.0 Å². The van der Waals surface area contributed by atoms with Crippen LogP contribution in [0.1, 0.15) is 25.0 Å². The summed E-state index contributed by atoms with van der Waals surface area (Å²) in [5, 5.41) is 22.1. The average molecular weight is 410 g/mol. The number of hydrogen-bond acceptors (Lipinski definition) is 8. The maximum absolute atomic E-state index is 12.2. The number of esters is 1. The van der Waals surface area contributed by atoms with Gasteiger partial charge in [-0.05, 0) is 37.6 Å². The summed E-state index contributed by atoms with van der Waals surface area (Å²) < 4.78 is 5.09. The molecule has 0 aliphatic carbocycles. The highest BCUT2D eigenvalue weighted by atomic mass is 16.6. The minimum Gasteiger partial charge on any atom is -0.402 e. The van der Waals surface area contributed by atoms with Gasteiger partial charge < -0.3 is 9.64 Å². The number of aliphatic imine (C=N–C) groups is 1. The largest absolute Gasteiger partial charge is 0.402 e. The van der Waals surface area contributed by atoms with Crippen LogP contribution < -0.4 is 4.90 Å². The fourth-order valence-corrected chi connectivity index (χ4v) is 2.99. The molecule has 0 fully saturated rings. The minimum absolute atomic E-state index is 0.00486. The van der Waals surface area contributed by atoms with Gasteiger partial charge in [-0.15, -0.1) is 0 Å². The van der Waals surface area contributed by atoms with Gasteiger partial charge in [0, 0.05) is 30.9 Å². The van der Waals surface area contributed by atoms with Crippen LogP contribution >= 0.6 is 0 Å². The topological polar surface area (TPSA) is 128 Å². The normalized spacial score (nSPS) is 14.4. The molecule has 1 aliphatic rings. The first kappa shape index (κ1) is 20.6. The smallest absolute Gasteiger partial charge is 0.363 e. The summed E-state index contributed by atoms with van der Waals surface area (Å²) in [5.41, 5.74) is 0.737. The monoisotopic (exact) mass is 410 g/mol. The average Bonchev–Trinajstić information content (AvgIpc) is 3.10. The van der Waals surface area contributed by atoms with Gasteiger partial charge in [-0.25, -0.2) is 9.79 Å². The molecule has 10 heteroatoms. The lowest BCUT2D eigenvalue weighted by Gasteiger charge is -2.20. The lowest BCUT2D eigenvalue weighted by molar-refractivity contribution is -0.394. The highest BCUT2D eigenvalue weighted by Gasteiger charge is 2.27. The van der Waals surface area contributed by atoms with Crippen molar-refractivity contribution in [2.75, 3.05) is 18.0 Å². The van der Waals surface area contributed by atoms with Gasteiger partial charge in [-0.3, -0.25) is 20.2 Å². The Kier molecular flexibility index (Phi) is 5.86. The van der Waals surface area contributed by atoms with Crippen molar-refractivity contribution in [3.8, 4) is 0 Å². The molecular weight excluding hydrogens is 392 g/mol. The molecule has 0 aromatic heterocycles. The molecule has 0 saturated carbocycles. The Morgan fingerprint density at radius 1 is 1.00 bits per heavy atom. The molecule has 0 amide bonds. The van der Waals surface area contributed by atoms with Crippen molar-refractivity contribution < 1.29 is 19.4 Å². The van der Waals surface area contributed by atoms with Crippen molar-refractivity contribution in [3.63, 3.8) is 0 Å². The van der Waals surface area contributed by atoms with Gasteiger partial charge in [0.15, 0.2) is 5.70 Å². The number of nitro groups is 2. The zero-order chi connectivity index (χ0) is 21.8. The Hall–Kier alpha value is -4.08. The highest BCUT2D eigenvalue weighted by molar-refractivity contribution is 6.13. The Morgan fingerprint density at radius 2 is 1.57 bits per heavy atom. The van der Waals surface area contributed by atoms with Crippen LogP contribution in [-0.2, 0) is 9.53 Å². The zero-order valence-electron chi connectivity index (χ0n) is 16.3. The zero-order valence-corrected chi connectivity index (χ0v) is 16.3. The van der Waals surface area contributed by atoms with Crippen molar-refractivity contribution >= 4 is 35.0 Å². The maximum Gasteiger partial charge on any atom is 0.363 e. The third kappa shape index (κ3) is 4.32. The molecule has 2 aromatic rings. The Bertz CT molecular complexity index is 1040. The number of nitro benzene ring substituents is 2. The number of carbonyl (C=O) groups is 1. The maximum atomic E-state index is 12.2. The molecule has 30 heavy (non-hydrogen) atoms. The SMILES string of the molecule is CCN(CC)c1ccc(/C=C2/N=C(c3cc([N+](=O)[O-])cc([N+](=O)[O-])c3)OC2=O)cc1. The Balaban J connectivity index is 1.93. The van der Waals surface area contributed by atoms with Crippen molar-refractivity contribution in [2.24, 2.45) is 4.99 Å². The van der Waals surface area contributed by atoms with Crippen LogP contribution in [0.15, 0.2) is 53.2 Å². The number of non-ortho nitro benzene ring substituents is 2. The standard InChI is InChI=1S/C20H18N4O6/c1-3-22(4-2)15-7-5-13(6-8-15)9-18-20(25)30-19(21-18)14-10-16(23(26)27)12-17(11-14)24(28)29/h5-12H,3-4H2,1-2H3/b18-9+. The molecular formula is C20H18N4O6. The lowest BCUT2D eigenvalue weighted by atomic mass is 10.1. The summed E-state index contributed by atoms with van der Waals surface area (Å²) in [6.45, 7) is 5.85. The quantitative estimate of drug-likeness (QED) is 0.295. The first-order chi connectivity index (χ1) is 14.3. The molecule has 0 saturated heterocycles. The molecule has 0 unspecified atom stereocenters. The van der Waals surface area contributed by atoms with Crippen molar-refractivity contribution in [1.29, 1.82) is 0 Å². The predicted octanol–water partition coefficient (Wildman–Crippen LogP) is 3.69. The van der Waals surface area contributed by atoms with Crippen LogP contribution in [-0.4, -0.2) is 34.8 Å². The number of rotatable bonds is 7. The number of carbonyl (C=O) groups excluding carboxylic acids is 1. The van der Waals surface area contributed by atoms with E-state index in [1.165, 1.54) is 6.08 Å². The Labute approximate surface area is 171 Å². The van der Waals surface area contributed by atoms with Gasteiger partial charge in [0.1, 0.15) is 0 Å². The predicted molar refractivity (Wildman–Crippen MR) is 110 cm³/mol. The molecule has 0 radical (unpaired) electrons. The fraction of sp³-hybridized carbons (Fsp3) is 0.200. The summed E-state index contributed by atoms with van der Waals surface area (Å²) in [6.07, 6.45) is 1.52. The number of nitrogens with zero attached hydrogens (tertiary/aromatic N) is 4. The molecule has 0 spiro atoms. The van der Waals surface area contributed by atoms with Crippen molar-refractivity contribution in [2.45, 2.75) is 13.8 Å². The van der Waals surface area contributed by atoms with E-state index in [1.807, 2.05) is 24.3 Å². The molecule has 2 aromatic carbocycles. The molecule has 1 heterocycles. The van der Waals surface area contributed by atoms with Gasteiger partial charge in [-0.2, -0.15) is 0 Å². The van der Waals surface area contributed by atoms with E-state index in [4.69, 9.17) is 4.74 Å². The molecule has 154 valence electrons. The van der Waals surface area contributed by atoms with Crippen LogP contribution in [0.25, 0.3) is 6.08 Å². The Morgan fingerprint density at radius 3 is 2.07 bits per heavy atom. The highest BCUT2D eigenvalue weighted by Crippen LogP contribution is 2.27. The third-order valence-corrected chi connectivity index (χ3v) is 4.52. The van der Waals surface area contributed by atoms with E-state index < -0.39 is 27.2 Å². The van der Waals surface area contributed by atoms with Gasteiger partial charge >= 0.3 is 5.97 Å². The van der Waals surface area contributed by atoms with E-state index in [0.29, 0.717) is 5.56 Å². The van der Waals surface area contributed by atoms with Crippen molar-refractivity contribution in [3.05, 3.63) is 79.5 Å². The second-order valence-corrected chi connectivity index (χ2v) is 6.35. The number of hydrogen-bond donors (Lipinski definition) is 0. The summed E-state index contributed by atoms with van der Waals surface area (Å²) >= 11 is 0. The van der Waals surface area contributed by atoms with Crippen LogP contribution in [0.4, 0.5) is 17.1 Å². The molecule has 1 aliphatic heterocycles. The number of ether oxygens (including phenoxy) is 1. The molecule has 0 N–H and O–H groups in total. The van der Waals surface area contributed by atoms with Gasteiger partial charge in [0.05, 0.1) is 21.5 Å². The number of anilines is 1. The number of cyclic esters (lactones) is 1. The first-order valence-corrected chi connectivity index (χ1v) is 9.14. The van der Waals surface area contributed by atoms with Crippen LogP contribution in [0.3, 0.4) is 0 Å². The minimum atomic E-state index is -0.762. The van der Waals surface area contributed by atoms with Gasteiger partial charge in [0.2, 0.25) is 5.90 Å². The lowest BCUT2D eigenvalue weighted by Crippen LogP contribution is -2.21. The second kappa shape index (κ2) is 8.52. The molecule has 10 nitrogen and oxygen atoms in total. The van der Waals surface area contributed by atoms with E-state index in [2.05, 4.69) is 23.7 Å². The summed E-state index contributed by atoms with van der Waals surface area (Å²) in [7, 11) is 0. The molecule has 0 bridgehead atoms. The number of benzene rings is 2. The van der Waals surface area contributed by atoms with Crippen LogP contribution in [0.5, 0.6) is 0 Å². The van der Waals surface area contributed by atoms with E-state index in [1.54, 1.807) is 0 Å². The van der Waals surface area contributed by atoms with Gasteiger partial charge in [0.25, 0.3) is 11.4 Å².